The maximum absolute atomic E-state index is 12.2. The van der Waals surface area contributed by atoms with Gasteiger partial charge in [-0.3, -0.25) is 9.78 Å². The largest absolute Gasteiger partial charge is 0.512 e. The molecule has 4 heterocycles. The van der Waals surface area contributed by atoms with Crippen molar-refractivity contribution >= 4 is 80.1 Å². The smallest absolute Gasteiger partial charge is 0.164 e. The van der Waals surface area contributed by atoms with Crippen molar-refractivity contribution in [3.8, 4) is 11.3 Å². The van der Waals surface area contributed by atoms with E-state index in [4.69, 9.17) is 4.98 Å². The second kappa shape index (κ2) is 16.3. The maximum Gasteiger partial charge on any atom is 0.164 e. The number of aliphatic hydroxyl groups excluding tert-OH is 1. The molecule has 0 aliphatic heterocycles. The summed E-state index contributed by atoms with van der Waals surface area (Å²) < 4.78 is 5.39. The number of hydrogen-bond acceptors (Lipinski definition) is 6. The van der Waals surface area contributed by atoms with Gasteiger partial charge in [-0.1, -0.05) is 86.8 Å². The Morgan fingerprint density at radius 3 is 2.04 bits per heavy atom. The number of rotatable bonds is 10. The Bertz CT molecular complexity index is 2180. The van der Waals surface area contributed by atoms with Crippen molar-refractivity contribution in [1.29, 1.82) is 0 Å². The van der Waals surface area contributed by atoms with E-state index in [0.29, 0.717) is 0 Å². The van der Waals surface area contributed by atoms with Gasteiger partial charge in [-0.15, -0.1) is 46.3 Å². The van der Waals surface area contributed by atoms with E-state index in [0.717, 1.165) is 43.4 Å². The Labute approximate surface area is 330 Å². The molecule has 4 aromatic heterocycles. The molecule has 51 heavy (non-hydrogen) atoms. The maximum atomic E-state index is 12.2. The summed E-state index contributed by atoms with van der Waals surface area (Å²) in [5.41, 5.74) is 4.45. The molecule has 0 spiro atoms. The monoisotopic (exact) mass is 917 g/mol. The van der Waals surface area contributed by atoms with Gasteiger partial charge in [0.25, 0.3) is 0 Å². The second-order valence-electron chi connectivity index (χ2n) is 15.3. The molecule has 0 saturated carbocycles. The topological polar surface area (TPSA) is 50.2 Å². The second-order valence-corrected chi connectivity index (χ2v) is 18.4. The number of carbonyl (C=O) groups excluding carboxylic acids is 1. The van der Waals surface area contributed by atoms with Gasteiger partial charge in [-0.05, 0) is 83.7 Å². The van der Waals surface area contributed by atoms with Gasteiger partial charge in [-0.2, -0.15) is 11.3 Å². The third-order valence-corrected chi connectivity index (χ3v) is 14.5. The van der Waals surface area contributed by atoms with Crippen molar-refractivity contribution in [2.24, 2.45) is 10.8 Å². The molecule has 6 rings (SSSR count). The van der Waals surface area contributed by atoms with Gasteiger partial charge in [-0.25, -0.2) is 0 Å². The number of aryl methyl sites for hydroxylation is 2. The molecule has 0 unspecified atom stereocenters. The van der Waals surface area contributed by atoms with E-state index < -0.39 is 0 Å². The van der Waals surface area contributed by atoms with E-state index in [2.05, 4.69) is 76.4 Å². The van der Waals surface area contributed by atoms with Crippen LogP contribution < -0.4 is 0 Å². The molecule has 1 N–H and O–H groups in total. The van der Waals surface area contributed by atoms with Gasteiger partial charge in [0.05, 0.1) is 0 Å². The number of aromatic nitrogens is 1. The zero-order valence-electron chi connectivity index (χ0n) is 32.2. The zero-order chi connectivity index (χ0) is 36.6. The molecule has 275 valence electrons. The van der Waals surface area contributed by atoms with Crippen molar-refractivity contribution < 1.29 is 30.0 Å². The Morgan fingerprint density at radius 2 is 1.45 bits per heavy atom. The molecular formula is C44H54IrNO2S3-. The molecule has 0 atom stereocenters. The molecule has 0 aliphatic carbocycles. The molecule has 0 aliphatic rings. The van der Waals surface area contributed by atoms with E-state index in [1.54, 1.807) is 0 Å². The van der Waals surface area contributed by atoms with Crippen molar-refractivity contribution in [2.45, 2.75) is 120 Å². The van der Waals surface area contributed by atoms with Gasteiger partial charge < -0.3 is 5.11 Å². The van der Waals surface area contributed by atoms with Crippen LogP contribution in [0.2, 0.25) is 0 Å². The predicted octanol–water partition coefficient (Wildman–Crippen LogP) is 14.6. The number of aliphatic hydroxyl groups is 1. The van der Waals surface area contributed by atoms with E-state index in [9.17, 15) is 9.90 Å². The summed E-state index contributed by atoms with van der Waals surface area (Å²) in [6.45, 7) is 23.6. The molecule has 0 saturated heterocycles. The first-order valence-electron chi connectivity index (χ1n) is 18.3. The standard InChI is InChI=1S/C29H26NS3.C15H28O2.Ir/c1-6-7-20-16(2)24-21(32-20)8-9-22-25(24)26-23(33-22)10-12-30-27(26)18-14-17-11-13-31-28(17)19(15-18)29(3,4)5;1-7-14(5,8-2)12(16)11-13(17)15(6,9-3)10-4;/h8-13,15H,6-7H2,1-5H3;11,16H,7-10H2,1-6H3;/q-1;;/b;12-11-;. The van der Waals surface area contributed by atoms with Crippen LogP contribution in [0, 0.1) is 23.8 Å². The summed E-state index contributed by atoms with van der Waals surface area (Å²) in [5, 5.41) is 17.6. The fourth-order valence-electron chi connectivity index (χ4n) is 6.64. The van der Waals surface area contributed by atoms with E-state index in [-0.39, 0.29) is 47.9 Å². The molecule has 0 bridgehead atoms. The number of fused-ring (bicyclic) bond motifs is 6. The molecule has 7 heteroatoms. The molecule has 2 aromatic carbocycles. The Kier molecular flexibility index (Phi) is 13.2. The van der Waals surface area contributed by atoms with Crippen molar-refractivity contribution in [2.75, 3.05) is 0 Å². The van der Waals surface area contributed by atoms with Gasteiger partial charge in [0, 0.05) is 78.7 Å². The third kappa shape index (κ3) is 7.94. The normalized spacial score (nSPS) is 12.8. The minimum atomic E-state index is -0.337. The van der Waals surface area contributed by atoms with Crippen LogP contribution in [-0.4, -0.2) is 15.9 Å². The van der Waals surface area contributed by atoms with Gasteiger partial charge >= 0.3 is 0 Å². The number of pyridine rings is 1. The Morgan fingerprint density at radius 1 is 0.843 bits per heavy atom. The van der Waals surface area contributed by atoms with Crippen LogP contribution in [0.25, 0.3) is 51.6 Å². The molecule has 3 nitrogen and oxygen atoms in total. The number of carbonyl (C=O) groups is 1. The molecule has 0 amide bonds. The number of benzene rings is 2. The van der Waals surface area contributed by atoms with E-state index >= 15 is 0 Å². The predicted molar refractivity (Wildman–Crippen MR) is 223 cm³/mol. The number of thiophene rings is 3. The number of hydrogen-bond donors (Lipinski definition) is 1. The molecule has 0 fully saturated rings. The van der Waals surface area contributed by atoms with Crippen molar-refractivity contribution in [1.82, 2.24) is 4.98 Å². The zero-order valence-corrected chi connectivity index (χ0v) is 37.1. The van der Waals surface area contributed by atoms with E-state index in [1.807, 2.05) is 81.7 Å². The van der Waals surface area contributed by atoms with Crippen LogP contribution in [0.15, 0.2) is 53.7 Å². The average Bonchev–Trinajstić information content (AvgIpc) is 3.82. The molecule has 6 aromatic rings. The van der Waals surface area contributed by atoms with Crippen LogP contribution in [0.5, 0.6) is 0 Å². The Balaban J connectivity index is 0.000000279. The summed E-state index contributed by atoms with van der Waals surface area (Å²) >= 11 is 5.66. The van der Waals surface area contributed by atoms with Crippen LogP contribution >= 0.6 is 34.0 Å². The average molecular weight is 917 g/mol. The Hall–Kier alpha value is -2.41. The van der Waals surface area contributed by atoms with Crippen LogP contribution in [0.4, 0.5) is 0 Å². The summed E-state index contributed by atoms with van der Waals surface area (Å²) in [7, 11) is 0. The first-order chi connectivity index (χ1) is 23.7. The molecule has 1 radical (unpaired) electrons. The van der Waals surface area contributed by atoms with Gasteiger partial charge in [0.2, 0.25) is 0 Å². The minimum Gasteiger partial charge on any atom is -0.512 e. The number of ketones is 1. The summed E-state index contributed by atoms with van der Waals surface area (Å²) in [5.74, 6) is 0.286. The third-order valence-electron chi connectivity index (χ3n) is 11.1. The summed E-state index contributed by atoms with van der Waals surface area (Å²) in [4.78, 5) is 18.7. The first kappa shape index (κ1) is 41.3. The summed E-state index contributed by atoms with van der Waals surface area (Å²) in [6.07, 6.45) is 9.05. The fraction of sp³-hybridized carbons (Fsp3) is 0.455. The number of allylic oxidation sites excluding steroid dienone is 2. The summed E-state index contributed by atoms with van der Waals surface area (Å²) in [6, 6.07) is 15.1. The van der Waals surface area contributed by atoms with Gasteiger partial charge in [0.15, 0.2) is 5.78 Å². The quantitative estimate of drug-likeness (QED) is 0.0846. The fourth-order valence-corrected chi connectivity index (χ4v) is 10.1. The molecular weight excluding hydrogens is 863 g/mol. The van der Waals surface area contributed by atoms with Gasteiger partial charge in [0.1, 0.15) is 5.76 Å². The minimum absolute atomic E-state index is 0. The van der Waals surface area contributed by atoms with Crippen LogP contribution in [0.3, 0.4) is 0 Å². The van der Waals surface area contributed by atoms with Crippen molar-refractivity contribution in [3.05, 3.63) is 75.8 Å². The van der Waals surface area contributed by atoms with Crippen LogP contribution in [0.1, 0.15) is 117 Å². The number of nitrogens with zero attached hydrogens (tertiary/aromatic N) is 1. The van der Waals surface area contributed by atoms with Crippen LogP contribution in [-0.2, 0) is 36.7 Å². The first-order valence-corrected chi connectivity index (χ1v) is 20.8. The SMILES string of the molecule is CCC(C)(CC)C(=O)/C=C(\O)C(C)(CC)CC.CCCc1sc2ccc3sc4ccnc(-c5[c-]c6ccsc6c(C(C)(C)C)c5)c4c3c2c1C.[Ir]. The van der Waals surface area contributed by atoms with Crippen molar-refractivity contribution in [3.63, 3.8) is 0 Å². The van der Waals surface area contributed by atoms with E-state index in [1.165, 1.54) is 68.8 Å².